The van der Waals surface area contributed by atoms with E-state index < -0.39 is 0 Å². The Bertz CT molecular complexity index is 586. The van der Waals surface area contributed by atoms with Gasteiger partial charge in [-0.1, -0.05) is 11.2 Å². The van der Waals surface area contributed by atoms with Crippen LogP contribution in [0.15, 0.2) is 41.8 Å². The maximum Gasteiger partial charge on any atom is 0.225 e. The minimum Gasteiger partial charge on any atom is -0.409 e. The molecule has 2 aromatic heterocycles. The summed E-state index contributed by atoms with van der Waals surface area (Å²) in [6.07, 6.45) is 4.13. The second kappa shape index (κ2) is 6.46. The summed E-state index contributed by atoms with van der Waals surface area (Å²) >= 11 is 0. The van der Waals surface area contributed by atoms with E-state index in [1.165, 1.54) is 0 Å². The second-order valence-corrected chi connectivity index (χ2v) is 4.22. The van der Waals surface area contributed by atoms with Crippen molar-refractivity contribution in [3.63, 3.8) is 0 Å². The molecular formula is C13H16N6O. The van der Waals surface area contributed by atoms with Gasteiger partial charge in [0, 0.05) is 38.1 Å². The van der Waals surface area contributed by atoms with Gasteiger partial charge < -0.3 is 15.8 Å². The lowest BCUT2D eigenvalue weighted by atomic mass is 10.2. The summed E-state index contributed by atoms with van der Waals surface area (Å²) in [7, 11) is 1.88. The Labute approximate surface area is 116 Å². The van der Waals surface area contributed by atoms with Crippen LogP contribution in [-0.4, -0.2) is 39.6 Å². The van der Waals surface area contributed by atoms with Crippen molar-refractivity contribution < 1.29 is 5.21 Å². The van der Waals surface area contributed by atoms with Gasteiger partial charge in [-0.05, 0) is 18.2 Å². The number of likely N-dealkylation sites (N-methyl/N-ethyl adjacent to an activating group) is 1. The fourth-order valence-electron chi connectivity index (χ4n) is 1.65. The molecule has 20 heavy (non-hydrogen) atoms. The Hall–Kier alpha value is -2.70. The van der Waals surface area contributed by atoms with E-state index >= 15 is 0 Å². The highest BCUT2D eigenvalue weighted by Gasteiger charge is 2.08. The van der Waals surface area contributed by atoms with Crippen molar-refractivity contribution >= 4 is 11.8 Å². The lowest BCUT2D eigenvalue weighted by Gasteiger charge is -2.16. The maximum absolute atomic E-state index is 8.65. The van der Waals surface area contributed by atoms with Gasteiger partial charge in [-0.2, -0.15) is 0 Å². The third kappa shape index (κ3) is 3.41. The first-order valence-electron chi connectivity index (χ1n) is 6.12. The van der Waals surface area contributed by atoms with Gasteiger partial charge in [-0.3, -0.25) is 4.98 Å². The number of amidine groups is 1. The van der Waals surface area contributed by atoms with Gasteiger partial charge in [0.2, 0.25) is 5.95 Å². The molecule has 2 heterocycles. The van der Waals surface area contributed by atoms with E-state index in [-0.39, 0.29) is 5.84 Å². The molecule has 0 fully saturated rings. The Morgan fingerprint density at radius 2 is 2.15 bits per heavy atom. The molecule has 0 atom stereocenters. The van der Waals surface area contributed by atoms with E-state index in [9.17, 15) is 0 Å². The van der Waals surface area contributed by atoms with Crippen LogP contribution in [0.2, 0.25) is 0 Å². The average molecular weight is 272 g/mol. The molecule has 0 saturated carbocycles. The Morgan fingerprint density at radius 1 is 1.30 bits per heavy atom. The van der Waals surface area contributed by atoms with Gasteiger partial charge in [-0.15, -0.1) is 0 Å². The highest BCUT2D eigenvalue weighted by atomic mass is 16.4. The number of anilines is 1. The Balaban J connectivity index is 2.04. The smallest absolute Gasteiger partial charge is 0.225 e. The molecule has 0 aliphatic carbocycles. The van der Waals surface area contributed by atoms with Crippen LogP contribution in [0.4, 0.5) is 5.95 Å². The summed E-state index contributed by atoms with van der Waals surface area (Å²) in [6.45, 7) is 0.719. The van der Waals surface area contributed by atoms with Crippen molar-refractivity contribution in [2.24, 2.45) is 10.9 Å². The van der Waals surface area contributed by atoms with Gasteiger partial charge in [-0.25, -0.2) is 9.97 Å². The summed E-state index contributed by atoms with van der Waals surface area (Å²) in [5, 5.41) is 11.6. The van der Waals surface area contributed by atoms with E-state index in [0.29, 0.717) is 11.6 Å². The van der Waals surface area contributed by atoms with Crippen LogP contribution in [0.1, 0.15) is 11.4 Å². The molecule has 7 nitrogen and oxygen atoms in total. The number of pyridine rings is 1. The maximum atomic E-state index is 8.65. The molecule has 0 amide bonds. The fourth-order valence-corrected chi connectivity index (χ4v) is 1.65. The van der Waals surface area contributed by atoms with Crippen molar-refractivity contribution in [1.82, 2.24) is 15.0 Å². The molecule has 0 aliphatic rings. The SMILES string of the molecule is CN(CCc1ccccn1)c1nccc(/C(N)=N/O)n1. The van der Waals surface area contributed by atoms with Crippen molar-refractivity contribution in [2.75, 3.05) is 18.5 Å². The predicted octanol–water partition coefficient (Wildman–Crippen LogP) is 0.645. The summed E-state index contributed by atoms with van der Waals surface area (Å²) in [5.74, 6) is 0.483. The van der Waals surface area contributed by atoms with Gasteiger partial charge in [0.15, 0.2) is 5.84 Å². The number of hydrogen-bond acceptors (Lipinski definition) is 6. The largest absolute Gasteiger partial charge is 0.409 e. The van der Waals surface area contributed by atoms with Crippen LogP contribution in [0.3, 0.4) is 0 Å². The molecule has 0 spiro atoms. The Morgan fingerprint density at radius 3 is 2.85 bits per heavy atom. The second-order valence-electron chi connectivity index (χ2n) is 4.22. The summed E-state index contributed by atoms with van der Waals surface area (Å²) in [5.41, 5.74) is 6.91. The number of aromatic nitrogens is 3. The Kier molecular flexibility index (Phi) is 4.43. The molecule has 0 unspecified atom stereocenters. The number of rotatable bonds is 5. The monoisotopic (exact) mass is 272 g/mol. The van der Waals surface area contributed by atoms with E-state index in [4.69, 9.17) is 10.9 Å². The van der Waals surface area contributed by atoms with E-state index in [0.717, 1.165) is 18.7 Å². The fraction of sp³-hybridized carbons (Fsp3) is 0.231. The lowest BCUT2D eigenvalue weighted by Crippen LogP contribution is -2.24. The average Bonchev–Trinajstić information content (AvgIpc) is 2.53. The molecule has 2 aromatic rings. The van der Waals surface area contributed by atoms with Crippen LogP contribution >= 0.6 is 0 Å². The molecule has 0 aliphatic heterocycles. The first-order valence-corrected chi connectivity index (χ1v) is 6.12. The summed E-state index contributed by atoms with van der Waals surface area (Å²) < 4.78 is 0. The minimum atomic E-state index is -0.0354. The molecule has 0 saturated heterocycles. The van der Waals surface area contributed by atoms with E-state index in [2.05, 4.69) is 20.1 Å². The lowest BCUT2D eigenvalue weighted by molar-refractivity contribution is 0.318. The quantitative estimate of drug-likeness (QED) is 0.358. The standard InChI is InChI=1S/C13H16N6O/c1-19(9-6-10-4-2-3-7-15-10)13-16-8-5-11(17-13)12(14)18-20/h2-5,7-8,20H,6,9H2,1H3,(H2,14,18). The van der Waals surface area contributed by atoms with Crippen molar-refractivity contribution in [1.29, 1.82) is 0 Å². The molecule has 104 valence electrons. The summed E-state index contributed by atoms with van der Waals surface area (Å²) in [4.78, 5) is 14.6. The number of oxime groups is 1. The van der Waals surface area contributed by atoms with Crippen molar-refractivity contribution in [2.45, 2.75) is 6.42 Å². The predicted molar refractivity (Wildman–Crippen MR) is 75.8 cm³/mol. The molecular weight excluding hydrogens is 256 g/mol. The third-order valence-electron chi connectivity index (χ3n) is 2.78. The number of nitrogens with two attached hydrogens (primary N) is 1. The van der Waals surface area contributed by atoms with Crippen LogP contribution in [-0.2, 0) is 6.42 Å². The topological polar surface area (TPSA) is 101 Å². The molecule has 2 rings (SSSR count). The zero-order valence-electron chi connectivity index (χ0n) is 11.1. The van der Waals surface area contributed by atoms with Crippen molar-refractivity contribution in [3.8, 4) is 0 Å². The molecule has 0 aromatic carbocycles. The number of nitrogens with zero attached hydrogens (tertiary/aromatic N) is 5. The molecule has 3 N–H and O–H groups in total. The number of hydrogen-bond donors (Lipinski definition) is 2. The first kappa shape index (κ1) is 13.7. The van der Waals surface area contributed by atoms with Crippen LogP contribution < -0.4 is 10.6 Å². The van der Waals surface area contributed by atoms with Gasteiger partial charge >= 0.3 is 0 Å². The minimum absolute atomic E-state index is 0.0354. The molecule has 7 heteroatoms. The first-order chi connectivity index (χ1) is 9.70. The summed E-state index contributed by atoms with van der Waals surface area (Å²) in [6, 6.07) is 7.40. The molecule has 0 bridgehead atoms. The van der Waals surface area contributed by atoms with Gasteiger partial charge in [0.05, 0.1) is 0 Å². The highest BCUT2D eigenvalue weighted by Crippen LogP contribution is 2.06. The highest BCUT2D eigenvalue weighted by molar-refractivity contribution is 5.95. The van der Waals surface area contributed by atoms with Crippen LogP contribution in [0, 0.1) is 0 Å². The van der Waals surface area contributed by atoms with E-state index in [1.54, 1.807) is 18.5 Å². The van der Waals surface area contributed by atoms with Crippen LogP contribution in [0.25, 0.3) is 0 Å². The van der Waals surface area contributed by atoms with Crippen LogP contribution in [0.5, 0.6) is 0 Å². The zero-order valence-corrected chi connectivity index (χ0v) is 11.1. The van der Waals surface area contributed by atoms with Gasteiger partial charge in [0.1, 0.15) is 5.69 Å². The third-order valence-corrected chi connectivity index (χ3v) is 2.78. The van der Waals surface area contributed by atoms with Gasteiger partial charge in [0.25, 0.3) is 0 Å². The van der Waals surface area contributed by atoms with Crippen molar-refractivity contribution in [3.05, 3.63) is 48.0 Å². The normalized spacial score (nSPS) is 11.3. The zero-order chi connectivity index (χ0) is 14.4. The van der Waals surface area contributed by atoms with E-state index in [1.807, 2.05) is 30.1 Å². The molecule has 0 radical (unpaired) electrons.